The smallest absolute Gasteiger partial charge is 0.0725 e. The molecule has 90 valence electrons. The van der Waals surface area contributed by atoms with Crippen LogP contribution in [-0.4, -0.2) is 7.05 Å². The number of hydrogen-bond acceptors (Lipinski definition) is 2. The van der Waals surface area contributed by atoms with Crippen LogP contribution in [0, 0.1) is 5.41 Å². The molecule has 0 bridgehead atoms. The van der Waals surface area contributed by atoms with Crippen molar-refractivity contribution in [2.75, 3.05) is 7.05 Å². The molecule has 0 aromatic heterocycles. The summed E-state index contributed by atoms with van der Waals surface area (Å²) < 4.78 is 0. The minimum absolute atomic E-state index is 0.0308. The van der Waals surface area contributed by atoms with Crippen molar-refractivity contribution in [1.29, 1.82) is 0 Å². The van der Waals surface area contributed by atoms with E-state index in [1.54, 1.807) is 7.05 Å². The molecule has 1 aliphatic rings. The van der Waals surface area contributed by atoms with Gasteiger partial charge in [0.05, 0.1) is 5.70 Å². The van der Waals surface area contributed by atoms with E-state index in [0.717, 1.165) is 12.1 Å². The molecule has 2 nitrogen and oxygen atoms in total. The Labute approximate surface area is 99.9 Å². The molecule has 0 spiro atoms. The fourth-order valence-corrected chi connectivity index (χ4v) is 1.63. The van der Waals surface area contributed by atoms with E-state index in [0.29, 0.717) is 0 Å². The minimum atomic E-state index is 0.0308. The zero-order valence-corrected chi connectivity index (χ0v) is 11.4. The van der Waals surface area contributed by atoms with Crippen molar-refractivity contribution in [2.45, 2.75) is 41.0 Å². The van der Waals surface area contributed by atoms with Crippen molar-refractivity contribution in [1.82, 2.24) is 0 Å². The molecule has 0 saturated heterocycles. The second-order valence-corrected chi connectivity index (χ2v) is 3.77. The van der Waals surface area contributed by atoms with E-state index >= 15 is 0 Å². The highest BCUT2D eigenvalue weighted by atomic mass is 15.1. The van der Waals surface area contributed by atoms with Crippen molar-refractivity contribution in [3.8, 4) is 0 Å². The van der Waals surface area contributed by atoms with Gasteiger partial charge < -0.3 is 0 Å². The number of allylic oxidation sites excluding steroid dienone is 5. The number of rotatable bonds is 2. The van der Waals surface area contributed by atoms with Gasteiger partial charge in [0.1, 0.15) is 0 Å². The monoisotopic (exact) mass is 220 g/mol. The fourth-order valence-electron chi connectivity index (χ4n) is 1.63. The van der Waals surface area contributed by atoms with Gasteiger partial charge in [-0.2, -0.15) is 10.2 Å². The Morgan fingerprint density at radius 3 is 2.25 bits per heavy atom. The van der Waals surface area contributed by atoms with E-state index in [4.69, 9.17) is 0 Å². The van der Waals surface area contributed by atoms with Crippen molar-refractivity contribution >= 4 is 0 Å². The molecule has 2 heteroatoms. The van der Waals surface area contributed by atoms with Gasteiger partial charge in [-0.3, -0.25) is 0 Å². The van der Waals surface area contributed by atoms with Crippen LogP contribution in [0.3, 0.4) is 0 Å². The maximum absolute atomic E-state index is 4.21. The fraction of sp³-hybridized carbons (Fsp3) is 0.571. The third-order valence-corrected chi connectivity index (χ3v) is 3.06. The minimum Gasteiger partial charge on any atom is -0.192 e. The lowest BCUT2D eigenvalue weighted by Crippen LogP contribution is -2.18. The molecule has 0 heterocycles. The Balaban J connectivity index is 0.00000106. The zero-order chi connectivity index (χ0) is 12.6. The third-order valence-electron chi connectivity index (χ3n) is 3.06. The van der Waals surface area contributed by atoms with E-state index in [-0.39, 0.29) is 5.41 Å². The van der Waals surface area contributed by atoms with Crippen molar-refractivity contribution in [3.05, 3.63) is 35.6 Å². The molecule has 1 atom stereocenters. The van der Waals surface area contributed by atoms with Crippen LogP contribution in [0.1, 0.15) is 41.0 Å². The Morgan fingerprint density at radius 1 is 1.19 bits per heavy atom. The third kappa shape index (κ3) is 3.16. The summed E-state index contributed by atoms with van der Waals surface area (Å²) in [5, 5.41) is 8.09. The molecule has 0 aromatic rings. The Morgan fingerprint density at radius 2 is 1.75 bits per heavy atom. The summed E-state index contributed by atoms with van der Waals surface area (Å²) in [5.74, 6) is 0. The van der Waals surface area contributed by atoms with Crippen molar-refractivity contribution < 1.29 is 0 Å². The highest BCUT2D eigenvalue weighted by Crippen LogP contribution is 2.40. The Hall–Kier alpha value is -1.18. The maximum Gasteiger partial charge on any atom is 0.0725 e. The molecule has 0 fully saturated rings. The first kappa shape index (κ1) is 14.8. The standard InChI is InChI=1S/C12H18N2.C2H6/c1-5-12(3)10(2)8-6-7-9-11(12)14-13-4;1-2/h6-9H,5H2,1-4H3;1-2H3. The summed E-state index contributed by atoms with van der Waals surface area (Å²) in [7, 11) is 1.71. The molecule has 0 aromatic carbocycles. The summed E-state index contributed by atoms with van der Waals surface area (Å²) in [5.41, 5.74) is 2.42. The van der Waals surface area contributed by atoms with Gasteiger partial charge in [0.25, 0.3) is 0 Å². The van der Waals surface area contributed by atoms with E-state index in [2.05, 4.69) is 43.2 Å². The van der Waals surface area contributed by atoms with Gasteiger partial charge >= 0.3 is 0 Å². The van der Waals surface area contributed by atoms with Gasteiger partial charge in [0.15, 0.2) is 0 Å². The summed E-state index contributed by atoms with van der Waals surface area (Å²) in [6, 6.07) is 0. The second kappa shape index (κ2) is 7.15. The van der Waals surface area contributed by atoms with Gasteiger partial charge in [0.2, 0.25) is 0 Å². The summed E-state index contributed by atoms with van der Waals surface area (Å²) in [6.45, 7) is 10.5. The summed E-state index contributed by atoms with van der Waals surface area (Å²) in [4.78, 5) is 0. The molecule has 1 aliphatic carbocycles. The first-order valence-corrected chi connectivity index (χ1v) is 6.01. The van der Waals surface area contributed by atoms with Crippen LogP contribution in [0.25, 0.3) is 0 Å². The van der Waals surface area contributed by atoms with Gasteiger partial charge in [-0.1, -0.05) is 51.5 Å². The van der Waals surface area contributed by atoms with Crippen LogP contribution in [0.4, 0.5) is 0 Å². The van der Waals surface area contributed by atoms with Crippen LogP contribution < -0.4 is 0 Å². The van der Waals surface area contributed by atoms with Gasteiger partial charge in [0, 0.05) is 12.5 Å². The largest absolute Gasteiger partial charge is 0.192 e. The molecule has 0 saturated carbocycles. The second-order valence-electron chi connectivity index (χ2n) is 3.77. The first-order chi connectivity index (χ1) is 7.65. The highest BCUT2D eigenvalue weighted by Gasteiger charge is 2.29. The molecule has 1 unspecified atom stereocenters. The van der Waals surface area contributed by atoms with Crippen LogP contribution >= 0.6 is 0 Å². The van der Waals surface area contributed by atoms with Crippen LogP contribution in [0.2, 0.25) is 0 Å². The zero-order valence-electron chi connectivity index (χ0n) is 11.4. The quantitative estimate of drug-likeness (QED) is 0.591. The van der Waals surface area contributed by atoms with Gasteiger partial charge in [-0.05, 0) is 19.4 Å². The van der Waals surface area contributed by atoms with E-state index in [9.17, 15) is 0 Å². The SMILES string of the molecule is CC.CCC1(C)C(C)=CC=CC=C1N=NC. The van der Waals surface area contributed by atoms with Gasteiger partial charge in [-0.25, -0.2) is 0 Å². The predicted octanol–water partition coefficient (Wildman–Crippen LogP) is 4.91. The average Bonchev–Trinajstić information content (AvgIpc) is 2.46. The molecule has 16 heavy (non-hydrogen) atoms. The molecular formula is C14H24N2. The first-order valence-electron chi connectivity index (χ1n) is 6.01. The number of hydrogen-bond donors (Lipinski definition) is 0. The maximum atomic E-state index is 4.21. The lowest BCUT2D eigenvalue weighted by atomic mass is 9.77. The molecule has 1 rings (SSSR count). The normalized spacial score (nSPS) is 24.4. The molecule has 0 radical (unpaired) electrons. The van der Waals surface area contributed by atoms with Crippen LogP contribution in [0.5, 0.6) is 0 Å². The molecular weight excluding hydrogens is 196 g/mol. The Kier molecular flexibility index (Phi) is 6.63. The highest BCUT2D eigenvalue weighted by molar-refractivity contribution is 5.35. The molecule has 0 N–H and O–H groups in total. The number of azo groups is 1. The van der Waals surface area contributed by atoms with Gasteiger partial charge in [-0.15, -0.1) is 0 Å². The van der Waals surface area contributed by atoms with E-state index in [1.165, 1.54) is 5.57 Å². The number of nitrogens with zero attached hydrogens (tertiary/aromatic N) is 2. The van der Waals surface area contributed by atoms with Crippen LogP contribution in [-0.2, 0) is 0 Å². The average molecular weight is 220 g/mol. The lowest BCUT2D eigenvalue weighted by Gasteiger charge is -2.28. The molecule has 0 amide bonds. The van der Waals surface area contributed by atoms with Crippen molar-refractivity contribution in [2.24, 2.45) is 15.6 Å². The predicted molar refractivity (Wildman–Crippen MR) is 71.5 cm³/mol. The Bertz CT molecular complexity index is 322. The van der Waals surface area contributed by atoms with E-state index < -0.39 is 0 Å². The summed E-state index contributed by atoms with van der Waals surface area (Å²) >= 11 is 0. The van der Waals surface area contributed by atoms with Crippen molar-refractivity contribution in [3.63, 3.8) is 0 Å². The molecule has 0 aliphatic heterocycles. The van der Waals surface area contributed by atoms with Crippen LogP contribution in [0.15, 0.2) is 45.8 Å². The summed E-state index contributed by atoms with van der Waals surface area (Å²) in [6.07, 6.45) is 9.32. The lowest BCUT2D eigenvalue weighted by molar-refractivity contribution is 0.452. The van der Waals surface area contributed by atoms with E-state index in [1.807, 2.05) is 26.0 Å². The topological polar surface area (TPSA) is 24.7 Å².